The summed E-state index contributed by atoms with van der Waals surface area (Å²) in [5.74, 6) is 0.225. The van der Waals surface area contributed by atoms with Crippen molar-refractivity contribution in [2.24, 2.45) is 0 Å². The number of hydrogen-bond acceptors (Lipinski definition) is 5. The van der Waals surface area contributed by atoms with Crippen LogP contribution in [0.5, 0.6) is 0 Å². The number of carbonyl (C=O) groups excluding carboxylic acids is 2. The first kappa shape index (κ1) is 30.4. The zero-order chi connectivity index (χ0) is 25.3. The molecule has 2 aromatic rings. The average molecular weight is 563 g/mol. The lowest BCUT2D eigenvalue weighted by Gasteiger charge is -2.41. The van der Waals surface area contributed by atoms with Crippen molar-refractivity contribution in [3.8, 4) is 0 Å². The number of fused-ring (bicyclic) bond motifs is 1. The molecule has 0 radical (unpaired) electrons. The summed E-state index contributed by atoms with van der Waals surface area (Å²) in [7, 11) is 0. The molecule has 3 aliphatic heterocycles. The van der Waals surface area contributed by atoms with Crippen molar-refractivity contribution in [1.29, 1.82) is 0 Å². The number of likely N-dealkylation sites (tertiary alicyclic amines) is 1. The van der Waals surface area contributed by atoms with Gasteiger partial charge in [0.2, 0.25) is 11.8 Å². The fourth-order valence-corrected chi connectivity index (χ4v) is 5.91. The van der Waals surface area contributed by atoms with Crippen LogP contribution in [0.1, 0.15) is 56.9 Å². The van der Waals surface area contributed by atoms with E-state index in [9.17, 15) is 9.59 Å². The summed E-state index contributed by atoms with van der Waals surface area (Å²) in [5.41, 5.74) is 4.08. The molecule has 5 rings (SSSR count). The Hall–Kier alpha value is -2.19. The Morgan fingerprint density at radius 1 is 1.08 bits per heavy atom. The molecule has 38 heavy (non-hydrogen) atoms. The van der Waals surface area contributed by atoms with E-state index in [0.29, 0.717) is 19.6 Å². The van der Waals surface area contributed by atoms with E-state index < -0.39 is 0 Å². The van der Waals surface area contributed by atoms with Crippen molar-refractivity contribution >= 4 is 42.3 Å². The molecule has 7 nitrogen and oxygen atoms in total. The van der Waals surface area contributed by atoms with E-state index >= 15 is 0 Å². The lowest BCUT2D eigenvalue weighted by Crippen LogP contribution is -2.63. The summed E-state index contributed by atoms with van der Waals surface area (Å²) < 4.78 is 0. The monoisotopic (exact) mass is 561 g/mol. The van der Waals surface area contributed by atoms with E-state index in [0.717, 1.165) is 49.3 Å². The molecule has 2 amide bonds. The second-order valence-electron chi connectivity index (χ2n) is 11.4. The zero-order valence-electron chi connectivity index (χ0n) is 22.7. The van der Waals surface area contributed by atoms with E-state index in [4.69, 9.17) is 4.98 Å². The second kappa shape index (κ2) is 12.8. The number of aromatic nitrogens is 1. The smallest absolute Gasteiger partial charge is 0.241 e. The number of nitrogens with one attached hydrogen (secondary N) is 1. The third-order valence-corrected chi connectivity index (χ3v) is 7.94. The maximum absolute atomic E-state index is 13.8. The van der Waals surface area contributed by atoms with Crippen molar-refractivity contribution in [2.75, 3.05) is 44.2 Å². The van der Waals surface area contributed by atoms with Crippen LogP contribution in [-0.2, 0) is 21.4 Å². The largest absolute Gasteiger partial charge is 0.341 e. The lowest BCUT2D eigenvalue weighted by atomic mass is 9.88. The topological polar surface area (TPSA) is 68.8 Å². The molecule has 9 heteroatoms. The maximum Gasteiger partial charge on any atom is 0.241 e. The minimum Gasteiger partial charge on any atom is -0.341 e. The highest BCUT2D eigenvalue weighted by Crippen LogP contribution is 2.40. The Balaban J connectivity index is 0.00000200. The molecule has 4 heterocycles. The van der Waals surface area contributed by atoms with Gasteiger partial charge in [-0.05, 0) is 37.8 Å². The number of halogens is 2. The molecule has 1 aromatic carbocycles. The number of amides is 2. The summed E-state index contributed by atoms with van der Waals surface area (Å²) in [5, 5.41) is 3.46. The third kappa shape index (κ3) is 6.50. The lowest BCUT2D eigenvalue weighted by molar-refractivity contribution is -0.139. The SMILES string of the molecule is C[C@@H]1CN(CC(=O)N2CC(C)(C)c3cnc(Cc4ccccc4)cc32)[C@@H](C(=O)N2CCCCC2)CN1.Cl.Cl. The van der Waals surface area contributed by atoms with E-state index in [1.165, 1.54) is 12.0 Å². The van der Waals surface area contributed by atoms with Crippen LogP contribution in [0.3, 0.4) is 0 Å². The highest BCUT2D eigenvalue weighted by Gasteiger charge is 2.41. The van der Waals surface area contributed by atoms with Gasteiger partial charge < -0.3 is 15.1 Å². The minimum atomic E-state index is -0.288. The summed E-state index contributed by atoms with van der Waals surface area (Å²) in [6, 6.07) is 12.3. The van der Waals surface area contributed by atoms with Crippen molar-refractivity contribution in [2.45, 2.75) is 64.0 Å². The number of benzene rings is 1. The molecule has 0 unspecified atom stereocenters. The van der Waals surface area contributed by atoms with E-state index in [-0.39, 0.29) is 60.7 Å². The first-order valence-electron chi connectivity index (χ1n) is 13.4. The quantitative estimate of drug-likeness (QED) is 0.601. The van der Waals surface area contributed by atoms with E-state index in [2.05, 4.69) is 49.2 Å². The Kier molecular flexibility index (Phi) is 10.2. The van der Waals surface area contributed by atoms with Crippen LogP contribution < -0.4 is 10.2 Å². The number of piperazine rings is 1. The number of nitrogens with zero attached hydrogens (tertiary/aromatic N) is 4. The Morgan fingerprint density at radius 2 is 1.79 bits per heavy atom. The Morgan fingerprint density at radius 3 is 2.50 bits per heavy atom. The van der Waals surface area contributed by atoms with Crippen LogP contribution in [0.25, 0.3) is 0 Å². The third-order valence-electron chi connectivity index (χ3n) is 7.94. The van der Waals surface area contributed by atoms with Gasteiger partial charge in [0.1, 0.15) is 6.04 Å². The molecule has 0 aliphatic carbocycles. The Labute approximate surface area is 239 Å². The number of piperidine rings is 1. The van der Waals surface area contributed by atoms with Crippen LogP contribution in [-0.4, -0.2) is 78.0 Å². The normalized spacial score (nSPS) is 22.7. The molecule has 0 saturated carbocycles. The van der Waals surface area contributed by atoms with Gasteiger partial charge in [-0.2, -0.15) is 0 Å². The minimum absolute atomic E-state index is 0. The average Bonchev–Trinajstić information content (AvgIpc) is 3.15. The highest BCUT2D eigenvalue weighted by atomic mass is 35.5. The van der Waals surface area contributed by atoms with E-state index in [1.807, 2.05) is 34.2 Å². The van der Waals surface area contributed by atoms with Gasteiger partial charge in [0, 0.05) is 68.1 Å². The number of hydrogen-bond donors (Lipinski definition) is 1. The number of rotatable bonds is 5. The van der Waals surface area contributed by atoms with Crippen LogP contribution in [0.2, 0.25) is 0 Å². The molecule has 1 N–H and O–H groups in total. The summed E-state index contributed by atoms with van der Waals surface area (Å²) in [6.45, 7) is 10.3. The van der Waals surface area contributed by atoms with Crippen molar-refractivity contribution < 1.29 is 9.59 Å². The molecule has 0 spiro atoms. The molecule has 3 aliphatic rings. The van der Waals surface area contributed by atoms with Crippen molar-refractivity contribution in [1.82, 2.24) is 20.1 Å². The molecule has 2 fully saturated rings. The van der Waals surface area contributed by atoms with Crippen molar-refractivity contribution in [3.63, 3.8) is 0 Å². The fourth-order valence-electron chi connectivity index (χ4n) is 5.91. The van der Waals surface area contributed by atoms with Crippen LogP contribution in [0, 0.1) is 0 Å². The molecule has 0 bridgehead atoms. The van der Waals surface area contributed by atoms with Gasteiger partial charge in [0.15, 0.2) is 0 Å². The molecule has 208 valence electrons. The standard InChI is InChI=1S/C29H39N5O2.2ClH/c1-21-18-33(26(17-30-21)28(36)32-12-8-5-9-13-32)19-27(35)34-20-29(2,3)24-16-31-23(15-25(24)34)14-22-10-6-4-7-11-22;;/h4,6-7,10-11,15-16,21,26,30H,5,8-9,12-14,17-20H2,1-3H3;2*1H/t21-,26-;;/m1../s1. The number of carbonyl (C=O) groups is 2. The second-order valence-corrected chi connectivity index (χ2v) is 11.4. The first-order chi connectivity index (χ1) is 17.3. The van der Waals surface area contributed by atoms with Crippen molar-refractivity contribution in [3.05, 3.63) is 59.4 Å². The van der Waals surface area contributed by atoms with Crippen LogP contribution >= 0.6 is 24.8 Å². The van der Waals surface area contributed by atoms with E-state index in [1.54, 1.807) is 0 Å². The number of pyridine rings is 1. The van der Waals surface area contributed by atoms with Crippen LogP contribution in [0.15, 0.2) is 42.6 Å². The summed E-state index contributed by atoms with van der Waals surface area (Å²) >= 11 is 0. The molecule has 2 atom stereocenters. The summed E-state index contributed by atoms with van der Waals surface area (Å²) in [6.07, 6.45) is 6.02. The number of anilines is 1. The van der Waals surface area contributed by atoms with Crippen LogP contribution in [0.4, 0.5) is 5.69 Å². The first-order valence-corrected chi connectivity index (χ1v) is 13.4. The molecule has 2 saturated heterocycles. The van der Waals surface area contributed by atoms with Gasteiger partial charge in [-0.1, -0.05) is 44.2 Å². The van der Waals surface area contributed by atoms with Gasteiger partial charge in [-0.25, -0.2) is 0 Å². The summed E-state index contributed by atoms with van der Waals surface area (Å²) in [4.78, 5) is 38.0. The van der Waals surface area contributed by atoms with Gasteiger partial charge in [0.25, 0.3) is 0 Å². The molecule has 1 aromatic heterocycles. The van der Waals surface area contributed by atoms with Gasteiger partial charge in [0.05, 0.1) is 12.2 Å². The fraction of sp³-hybridized carbons (Fsp3) is 0.552. The predicted molar refractivity (Wildman–Crippen MR) is 157 cm³/mol. The predicted octanol–water partition coefficient (Wildman–Crippen LogP) is 3.82. The van der Waals surface area contributed by atoms with Gasteiger partial charge in [-0.3, -0.25) is 19.5 Å². The molecular formula is C29H41Cl2N5O2. The Bertz CT molecular complexity index is 1110. The highest BCUT2D eigenvalue weighted by molar-refractivity contribution is 5.98. The van der Waals surface area contributed by atoms with Gasteiger partial charge in [-0.15, -0.1) is 24.8 Å². The zero-order valence-corrected chi connectivity index (χ0v) is 24.3. The molecular weight excluding hydrogens is 521 g/mol. The van der Waals surface area contributed by atoms with Gasteiger partial charge >= 0.3 is 0 Å². The maximum atomic E-state index is 13.8.